The van der Waals surface area contributed by atoms with E-state index >= 15 is 0 Å². The van der Waals surface area contributed by atoms with Gasteiger partial charge in [-0.2, -0.15) is 0 Å². The lowest BCUT2D eigenvalue weighted by Crippen LogP contribution is -2.31. The van der Waals surface area contributed by atoms with Gasteiger partial charge in [-0.3, -0.25) is 0 Å². The standard InChI is InChI=1S/C21H25NO2/c1-21(2)14-17(15-22-12-11-16-7-5-4-6-8-16)19-10-9-18(23-3)13-20(19)24-21/h4-10,13-14,22H,11-12,15H2,1-3H3. The largest absolute Gasteiger partial charge is 0.497 e. The molecule has 1 heterocycles. The average molecular weight is 323 g/mol. The molecule has 126 valence electrons. The molecular formula is C21H25NO2. The van der Waals surface area contributed by atoms with E-state index in [4.69, 9.17) is 9.47 Å². The van der Waals surface area contributed by atoms with E-state index in [1.54, 1.807) is 7.11 Å². The van der Waals surface area contributed by atoms with Crippen molar-refractivity contribution in [2.75, 3.05) is 20.2 Å². The van der Waals surface area contributed by atoms with Gasteiger partial charge in [0.05, 0.1) is 7.11 Å². The summed E-state index contributed by atoms with van der Waals surface area (Å²) in [5.41, 5.74) is 3.46. The van der Waals surface area contributed by atoms with E-state index in [-0.39, 0.29) is 5.60 Å². The minimum absolute atomic E-state index is 0.310. The molecule has 0 unspecified atom stereocenters. The van der Waals surface area contributed by atoms with Gasteiger partial charge < -0.3 is 14.8 Å². The van der Waals surface area contributed by atoms with Gasteiger partial charge in [0.25, 0.3) is 0 Å². The van der Waals surface area contributed by atoms with Gasteiger partial charge in [-0.05, 0) is 56.2 Å². The molecule has 1 N–H and O–H groups in total. The van der Waals surface area contributed by atoms with Crippen molar-refractivity contribution in [2.45, 2.75) is 25.9 Å². The first-order valence-electron chi connectivity index (χ1n) is 8.41. The van der Waals surface area contributed by atoms with Gasteiger partial charge in [-0.15, -0.1) is 0 Å². The first-order chi connectivity index (χ1) is 11.6. The summed E-state index contributed by atoms with van der Waals surface area (Å²) in [5.74, 6) is 1.71. The molecule has 3 rings (SSSR count). The molecule has 0 saturated heterocycles. The number of benzene rings is 2. The van der Waals surface area contributed by atoms with Crippen LogP contribution in [0.3, 0.4) is 0 Å². The van der Waals surface area contributed by atoms with Crippen LogP contribution in [0, 0.1) is 0 Å². The number of hydrogen-bond donors (Lipinski definition) is 1. The highest BCUT2D eigenvalue weighted by atomic mass is 16.5. The molecule has 3 nitrogen and oxygen atoms in total. The van der Waals surface area contributed by atoms with Gasteiger partial charge in [0, 0.05) is 18.2 Å². The first kappa shape index (κ1) is 16.6. The smallest absolute Gasteiger partial charge is 0.131 e. The van der Waals surface area contributed by atoms with Crippen LogP contribution >= 0.6 is 0 Å². The van der Waals surface area contributed by atoms with Gasteiger partial charge in [-0.25, -0.2) is 0 Å². The molecule has 0 saturated carbocycles. The summed E-state index contributed by atoms with van der Waals surface area (Å²) in [5, 5.41) is 3.56. The molecule has 0 aliphatic carbocycles. The van der Waals surface area contributed by atoms with Crippen molar-refractivity contribution in [1.29, 1.82) is 0 Å². The molecule has 0 bridgehead atoms. The van der Waals surface area contributed by atoms with Crippen molar-refractivity contribution in [2.24, 2.45) is 0 Å². The maximum atomic E-state index is 6.08. The lowest BCUT2D eigenvalue weighted by molar-refractivity contribution is 0.157. The maximum absolute atomic E-state index is 6.08. The van der Waals surface area contributed by atoms with Gasteiger partial charge in [0.15, 0.2) is 0 Å². The zero-order valence-corrected chi connectivity index (χ0v) is 14.6. The topological polar surface area (TPSA) is 30.5 Å². The maximum Gasteiger partial charge on any atom is 0.131 e. The predicted molar refractivity (Wildman–Crippen MR) is 98.7 cm³/mol. The van der Waals surface area contributed by atoms with Crippen LogP contribution < -0.4 is 14.8 Å². The molecule has 1 aliphatic heterocycles. The Morgan fingerprint density at radius 3 is 2.62 bits per heavy atom. The Labute approximate surface area is 144 Å². The lowest BCUT2D eigenvalue weighted by atomic mass is 9.94. The first-order valence-corrected chi connectivity index (χ1v) is 8.41. The summed E-state index contributed by atoms with van der Waals surface area (Å²) in [4.78, 5) is 0. The Balaban J connectivity index is 1.67. The molecule has 0 atom stereocenters. The van der Waals surface area contributed by atoms with Crippen LogP contribution in [0.5, 0.6) is 11.5 Å². The van der Waals surface area contributed by atoms with Crippen LogP contribution in [0.1, 0.15) is 25.0 Å². The van der Waals surface area contributed by atoms with Crippen molar-refractivity contribution >= 4 is 5.57 Å². The van der Waals surface area contributed by atoms with Crippen LogP contribution in [0.4, 0.5) is 0 Å². The van der Waals surface area contributed by atoms with Crippen LogP contribution in [0.25, 0.3) is 5.57 Å². The van der Waals surface area contributed by atoms with E-state index in [2.05, 4.69) is 61.6 Å². The zero-order valence-electron chi connectivity index (χ0n) is 14.6. The SMILES string of the molecule is COc1ccc2c(c1)OC(C)(C)C=C2CNCCc1ccccc1. The third-order valence-corrected chi connectivity index (χ3v) is 4.18. The summed E-state index contributed by atoms with van der Waals surface area (Å²) in [6.07, 6.45) is 3.24. The van der Waals surface area contributed by atoms with Crippen LogP contribution in [-0.2, 0) is 6.42 Å². The normalized spacial score (nSPS) is 15.2. The Kier molecular flexibility index (Phi) is 4.91. The predicted octanol–water partition coefficient (Wildman–Crippen LogP) is 4.08. The van der Waals surface area contributed by atoms with Crippen LogP contribution in [0.2, 0.25) is 0 Å². The second-order valence-electron chi connectivity index (χ2n) is 6.65. The molecule has 0 fully saturated rings. The third-order valence-electron chi connectivity index (χ3n) is 4.18. The number of nitrogens with one attached hydrogen (secondary N) is 1. The van der Waals surface area contributed by atoms with Crippen molar-refractivity contribution in [1.82, 2.24) is 5.32 Å². The Morgan fingerprint density at radius 1 is 1.08 bits per heavy atom. The number of hydrogen-bond acceptors (Lipinski definition) is 3. The molecule has 1 aliphatic rings. The summed E-state index contributed by atoms with van der Waals surface area (Å²) in [7, 11) is 1.68. The summed E-state index contributed by atoms with van der Waals surface area (Å²) >= 11 is 0. The van der Waals surface area contributed by atoms with E-state index in [9.17, 15) is 0 Å². The minimum atomic E-state index is -0.310. The van der Waals surface area contributed by atoms with Gasteiger partial charge in [0.2, 0.25) is 0 Å². The highest BCUT2D eigenvalue weighted by molar-refractivity contribution is 5.75. The second-order valence-corrected chi connectivity index (χ2v) is 6.65. The van der Waals surface area contributed by atoms with Crippen molar-refractivity contribution < 1.29 is 9.47 Å². The second kappa shape index (κ2) is 7.10. The number of methoxy groups -OCH3 is 1. The fraction of sp³-hybridized carbons (Fsp3) is 0.333. The fourth-order valence-corrected chi connectivity index (χ4v) is 3.04. The van der Waals surface area contributed by atoms with Crippen molar-refractivity contribution in [3.8, 4) is 11.5 Å². The van der Waals surface area contributed by atoms with Gasteiger partial charge in [0.1, 0.15) is 17.1 Å². The van der Waals surface area contributed by atoms with Gasteiger partial charge in [-0.1, -0.05) is 30.3 Å². The van der Waals surface area contributed by atoms with E-state index in [0.717, 1.165) is 36.6 Å². The van der Waals surface area contributed by atoms with Gasteiger partial charge >= 0.3 is 0 Å². The Bertz CT molecular complexity index is 720. The molecule has 3 heteroatoms. The molecule has 2 aromatic carbocycles. The molecule has 24 heavy (non-hydrogen) atoms. The molecule has 2 aromatic rings. The third kappa shape index (κ3) is 3.98. The highest BCUT2D eigenvalue weighted by Crippen LogP contribution is 2.37. The van der Waals surface area contributed by atoms with Crippen LogP contribution in [0.15, 0.2) is 54.6 Å². The summed E-state index contributed by atoms with van der Waals surface area (Å²) in [6, 6.07) is 16.6. The number of fused-ring (bicyclic) bond motifs is 1. The van der Waals surface area contributed by atoms with Crippen molar-refractivity contribution in [3.05, 3.63) is 65.7 Å². The van der Waals surface area contributed by atoms with E-state index in [1.165, 1.54) is 11.1 Å². The van der Waals surface area contributed by atoms with E-state index in [0.29, 0.717) is 0 Å². The van der Waals surface area contributed by atoms with E-state index < -0.39 is 0 Å². The number of rotatable bonds is 6. The van der Waals surface area contributed by atoms with Crippen LogP contribution in [-0.4, -0.2) is 25.8 Å². The molecule has 0 amide bonds. The molecule has 0 aromatic heterocycles. The monoisotopic (exact) mass is 323 g/mol. The molecule has 0 spiro atoms. The quantitative estimate of drug-likeness (QED) is 0.813. The Morgan fingerprint density at radius 2 is 1.88 bits per heavy atom. The number of ether oxygens (including phenoxy) is 2. The lowest BCUT2D eigenvalue weighted by Gasteiger charge is -2.31. The zero-order chi connectivity index (χ0) is 17.0. The molecular weight excluding hydrogens is 298 g/mol. The average Bonchev–Trinajstić information content (AvgIpc) is 2.58. The summed E-state index contributed by atoms with van der Waals surface area (Å²) in [6.45, 7) is 5.95. The minimum Gasteiger partial charge on any atom is -0.497 e. The highest BCUT2D eigenvalue weighted by Gasteiger charge is 2.26. The molecule has 0 radical (unpaired) electrons. The van der Waals surface area contributed by atoms with E-state index in [1.807, 2.05) is 12.1 Å². The fourth-order valence-electron chi connectivity index (χ4n) is 3.04. The summed E-state index contributed by atoms with van der Waals surface area (Å²) < 4.78 is 11.4. The van der Waals surface area contributed by atoms with Crippen molar-refractivity contribution in [3.63, 3.8) is 0 Å². The Hall–Kier alpha value is -2.26.